The maximum Gasteiger partial charge on any atom is 0.293 e. The van der Waals surface area contributed by atoms with Crippen LogP contribution in [0.2, 0.25) is 0 Å². The Labute approximate surface area is 322 Å². The number of aromatic amines is 3. The van der Waals surface area contributed by atoms with Crippen LogP contribution in [0.15, 0.2) is 79.3 Å². The summed E-state index contributed by atoms with van der Waals surface area (Å²) in [7, 11) is 7.31. The zero-order valence-corrected chi connectivity index (χ0v) is 32.9. The normalized spacial score (nSPS) is 9.93. The molecule has 0 saturated carbocycles. The van der Waals surface area contributed by atoms with E-state index in [-0.39, 0.29) is 98.1 Å². The molecule has 6 rings (SSSR count). The summed E-state index contributed by atoms with van der Waals surface area (Å²) in [5.74, 6) is -1.03. The fourth-order valence-electron chi connectivity index (χ4n) is 4.06. The summed E-state index contributed by atoms with van der Waals surface area (Å²) in [6, 6.07) is 28.2. The molecule has 0 saturated heterocycles. The molecule has 3 radical (unpaired) electrons. The Morgan fingerprint density at radius 2 is 1.29 bits per heavy atom. The molecule has 3 heterocycles. The SMILES string of the molecule is CN(C)C(=O)C(=O)c1c[nH]c2cc[c-]cc12.CN(C)CCc1c[nH]c2cc[c-]cc12.[Y].[Y].[Y].[c-]1ccc2[nH]ccc2c1. The average molecular weight is 785 g/mol. The Morgan fingerprint density at radius 1 is 0.714 bits per heavy atom. The summed E-state index contributed by atoms with van der Waals surface area (Å²) < 4.78 is 0. The third-order valence-electron chi connectivity index (χ3n) is 6.21. The molecule has 3 aromatic heterocycles. The van der Waals surface area contributed by atoms with Gasteiger partial charge in [0.15, 0.2) is 0 Å². The van der Waals surface area contributed by atoms with E-state index in [0.29, 0.717) is 5.56 Å². The van der Waals surface area contributed by atoms with Crippen LogP contribution in [0, 0.1) is 18.2 Å². The number of carbonyl (C=O) groups excluding carboxylic acids is 2. The third kappa shape index (κ3) is 10.4. The number of nitrogens with zero attached hydrogens (tertiary/aromatic N) is 2. The summed E-state index contributed by atoms with van der Waals surface area (Å²) in [5.41, 5.74) is 4.98. The van der Waals surface area contributed by atoms with Crippen LogP contribution in [-0.4, -0.2) is 71.2 Å². The number of fused-ring (bicyclic) bond motifs is 3. The second-order valence-electron chi connectivity index (χ2n) is 9.53. The summed E-state index contributed by atoms with van der Waals surface area (Å²) in [6.07, 6.45) is 6.67. The van der Waals surface area contributed by atoms with E-state index < -0.39 is 11.7 Å². The number of hydrogen-bond acceptors (Lipinski definition) is 3. The molecule has 0 bridgehead atoms. The van der Waals surface area contributed by atoms with Crippen molar-refractivity contribution in [2.24, 2.45) is 0 Å². The average Bonchev–Trinajstić information content (AvgIpc) is 3.70. The van der Waals surface area contributed by atoms with Crippen molar-refractivity contribution in [2.75, 3.05) is 34.7 Å². The van der Waals surface area contributed by atoms with E-state index in [1.165, 1.54) is 32.3 Å². The van der Waals surface area contributed by atoms with Crippen molar-refractivity contribution in [3.8, 4) is 0 Å². The first-order chi connectivity index (χ1) is 18.8. The molecule has 3 N–H and O–H groups in total. The van der Waals surface area contributed by atoms with Crippen LogP contribution in [0.3, 0.4) is 0 Å². The van der Waals surface area contributed by atoms with Gasteiger partial charge in [-0.1, -0.05) is 33.6 Å². The summed E-state index contributed by atoms with van der Waals surface area (Å²) in [6.45, 7) is 1.09. The molecule has 0 unspecified atom stereocenters. The number of likely N-dealkylation sites (N-methyl/N-ethyl adjacent to an activating group) is 2. The molecular weight excluding hydrogens is 753 g/mol. The molecule has 0 aliphatic rings. The van der Waals surface area contributed by atoms with E-state index in [1.807, 2.05) is 42.6 Å². The van der Waals surface area contributed by atoms with Gasteiger partial charge in [-0.3, -0.25) is 9.59 Å². The molecule has 10 heteroatoms. The van der Waals surface area contributed by atoms with Crippen molar-refractivity contribution in [3.05, 3.63) is 109 Å². The molecule has 42 heavy (non-hydrogen) atoms. The van der Waals surface area contributed by atoms with E-state index >= 15 is 0 Å². The van der Waals surface area contributed by atoms with Gasteiger partial charge in [0, 0.05) is 119 Å². The molecule has 3 aromatic carbocycles. The van der Waals surface area contributed by atoms with E-state index in [4.69, 9.17) is 0 Å². The monoisotopic (exact) mass is 785 g/mol. The van der Waals surface area contributed by atoms with Crippen molar-refractivity contribution < 1.29 is 108 Å². The molecule has 209 valence electrons. The predicted molar refractivity (Wildman–Crippen MR) is 157 cm³/mol. The number of ketones is 1. The van der Waals surface area contributed by atoms with Crippen LogP contribution in [0.5, 0.6) is 0 Å². The van der Waals surface area contributed by atoms with Crippen molar-refractivity contribution in [2.45, 2.75) is 6.42 Å². The number of rotatable bonds is 5. The largest absolute Gasteiger partial charge is 0.384 e. The predicted octanol–water partition coefficient (Wildman–Crippen LogP) is 5.27. The Bertz CT molecular complexity index is 1660. The van der Waals surface area contributed by atoms with E-state index in [0.717, 1.165) is 23.9 Å². The number of amides is 1. The van der Waals surface area contributed by atoms with Crippen LogP contribution in [-0.2, 0) is 109 Å². The van der Waals surface area contributed by atoms with Gasteiger partial charge in [0.2, 0.25) is 5.78 Å². The van der Waals surface area contributed by atoms with Crippen LogP contribution < -0.4 is 0 Å². The van der Waals surface area contributed by atoms with Gasteiger partial charge in [-0.05, 0) is 44.7 Å². The van der Waals surface area contributed by atoms with Crippen LogP contribution in [0.25, 0.3) is 32.7 Å². The number of carbonyl (C=O) groups is 2. The molecular formula is C32H32N5O2Y3-3. The minimum absolute atomic E-state index is 0. The fourth-order valence-corrected chi connectivity index (χ4v) is 4.06. The first-order valence-electron chi connectivity index (χ1n) is 12.6. The van der Waals surface area contributed by atoms with Crippen molar-refractivity contribution in [1.82, 2.24) is 24.8 Å². The number of H-pyrrole nitrogens is 3. The molecule has 0 aliphatic carbocycles. The third-order valence-corrected chi connectivity index (χ3v) is 6.21. The minimum atomic E-state index is -0.523. The van der Waals surface area contributed by atoms with E-state index in [9.17, 15) is 9.59 Å². The van der Waals surface area contributed by atoms with Gasteiger partial charge in [0.25, 0.3) is 5.91 Å². The molecule has 0 atom stereocenters. The second-order valence-corrected chi connectivity index (χ2v) is 9.53. The van der Waals surface area contributed by atoms with Crippen molar-refractivity contribution >= 4 is 44.4 Å². The Balaban J connectivity index is 0.000000313. The number of Topliss-reactive ketones (excluding diaryl/α,β-unsaturated/α-hetero) is 1. The first-order valence-corrected chi connectivity index (χ1v) is 12.6. The Hall–Kier alpha value is -1.31. The smallest absolute Gasteiger partial charge is 0.293 e. The molecule has 1 amide bonds. The fraction of sp³-hybridized carbons (Fsp3) is 0.188. The number of hydrogen-bond donors (Lipinski definition) is 3. The van der Waals surface area contributed by atoms with Gasteiger partial charge in [-0.15, -0.1) is 29.0 Å². The molecule has 7 nitrogen and oxygen atoms in total. The van der Waals surface area contributed by atoms with Gasteiger partial charge < -0.3 is 24.8 Å². The molecule has 0 aliphatic heterocycles. The maximum atomic E-state index is 11.8. The van der Waals surface area contributed by atoms with E-state index in [2.05, 4.69) is 70.5 Å². The van der Waals surface area contributed by atoms with Gasteiger partial charge in [0.1, 0.15) is 0 Å². The standard InChI is InChI=1S/C12H11N2O2.C12H15N2.C8H6N.3Y/c1-14(2)12(16)11(15)9-7-13-10-6-4-3-5-8(9)10;1-14(2)8-7-10-9-13-12-6-4-3-5-11(10)12;1-2-4-8-7(3-1)5-6-9-8;;;/h4-7,13H,1-2H3;4-6,9,13H,7-8H2,1-2H3;2-6,9H;;;/q3*-1;;;. The van der Waals surface area contributed by atoms with Crippen molar-refractivity contribution in [1.29, 1.82) is 0 Å². The second kappa shape index (κ2) is 19.2. The maximum absolute atomic E-state index is 11.8. The summed E-state index contributed by atoms with van der Waals surface area (Å²) in [4.78, 5) is 36.2. The Morgan fingerprint density at radius 3 is 1.90 bits per heavy atom. The number of nitrogens with one attached hydrogen (secondary N) is 3. The van der Waals surface area contributed by atoms with Crippen molar-refractivity contribution in [3.63, 3.8) is 0 Å². The molecule has 0 fully saturated rings. The van der Waals surface area contributed by atoms with Gasteiger partial charge >= 0.3 is 0 Å². The number of benzene rings is 3. The summed E-state index contributed by atoms with van der Waals surface area (Å²) >= 11 is 0. The van der Waals surface area contributed by atoms with Gasteiger partial charge in [-0.25, -0.2) is 0 Å². The number of aromatic nitrogens is 3. The zero-order chi connectivity index (χ0) is 27.8. The Kier molecular flexibility index (Phi) is 17.7. The minimum Gasteiger partial charge on any atom is -0.384 e. The van der Waals surface area contributed by atoms with Crippen LogP contribution in [0.1, 0.15) is 15.9 Å². The quantitative estimate of drug-likeness (QED) is 0.127. The van der Waals surface area contributed by atoms with Gasteiger partial charge in [-0.2, -0.15) is 54.6 Å². The first kappa shape index (κ1) is 38.7. The molecule has 6 aromatic rings. The zero-order valence-electron chi connectivity index (χ0n) is 24.4. The van der Waals surface area contributed by atoms with Crippen LogP contribution in [0.4, 0.5) is 0 Å². The molecule has 0 spiro atoms. The van der Waals surface area contributed by atoms with Crippen LogP contribution >= 0.6 is 0 Å². The topological polar surface area (TPSA) is 88.0 Å². The van der Waals surface area contributed by atoms with Gasteiger partial charge in [0.05, 0.1) is 0 Å². The summed E-state index contributed by atoms with van der Waals surface area (Å²) in [5, 5.41) is 3.24. The van der Waals surface area contributed by atoms with E-state index in [1.54, 1.807) is 32.4 Å².